The second-order valence-electron chi connectivity index (χ2n) is 10.8. The van der Waals surface area contributed by atoms with E-state index in [4.69, 9.17) is 32.7 Å². The maximum atomic E-state index is 14.3. The number of esters is 1. The first kappa shape index (κ1) is 31.0. The first-order chi connectivity index (χ1) is 19.4. The number of carbonyl (C=O) groups excluding carboxylic acids is 1. The summed E-state index contributed by atoms with van der Waals surface area (Å²) in [5.41, 5.74) is 1.97. The summed E-state index contributed by atoms with van der Waals surface area (Å²) in [6.45, 7) is 5.90. The number of ether oxygens (including phenoxy) is 3. The minimum Gasteiger partial charge on any atom is -0.457 e. The highest BCUT2D eigenvalue weighted by Gasteiger charge is 2.37. The maximum absolute atomic E-state index is 14.3. The molecule has 0 aliphatic heterocycles. The number of carbonyl (C=O) groups is 1. The monoisotopic (exact) mass is 607 g/mol. The third-order valence-electron chi connectivity index (χ3n) is 6.86. The number of aromatic nitrogens is 1. The first-order valence-electron chi connectivity index (χ1n) is 13.6. The third-order valence-corrected chi connectivity index (χ3v) is 7.60. The molecule has 1 saturated carbocycles. The molecule has 1 aliphatic rings. The van der Waals surface area contributed by atoms with Crippen molar-refractivity contribution < 1.29 is 27.8 Å². The molecule has 4 rings (SSSR count). The Bertz CT molecular complexity index is 1410. The number of hydrogen-bond acceptors (Lipinski definition) is 5. The van der Waals surface area contributed by atoms with Gasteiger partial charge in [0.15, 0.2) is 0 Å². The van der Waals surface area contributed by atoms with Crippen molar-refractivity contribution in [3.8, 4) is 5.75 Å². The second-order valence-corrected chi connectivity index (χ2v) is 11.6. The summed E-state index contributed by atoms with van der Waals surface area (Å²) < 4.78 is 44.1. The number of H-pyrrole nitrogens is 1. The lowest BCUT2D eigenvalue weighted by atomic mass is 9.96. The smallest absolute Gasteiger partial charge is 0.457 e. The number of nitrogens with one attached hydrogen (secondary N) is 1. The molecule has 2 unspecified atom stereocenters. The van der Waals surface area contributed by atoms with Gasteiger partial charge in [-0.25, -0.2) is 0 Å². The van der Waals surface area contributed by atoms with Crippen LogP contribution >= 0.6 is 23.2 Å². The van der Waals surface area contributed by atoms with Gasteiger partial charge in [-0.1, -0.05) is 73.4 Å². The van der Waals surface area contributed by atoms with Gasteiger partial charge in [-0.3, -0.25) is 14.3 Å². The predicted octanol–water partition coefficient (Wildman–Crippen LogP) is 7.87. The molecule has 1 aromatic heterocycles. The minimum absolute atomic E-state index is 0.0780. The summed E-state index contributed by atoms with van der Waals surface area (Å²) in [6.07, 6.45) is -1.01. The second kappa shape index (κ2) is 13.4. The van der Waals surface area contributed by atoms with Crippen LogP contribution in [0.4, 0.5) is 8.78 Å². The van der Waals surface area contributed by atoms with Gasteiger partial charge in [0.1, 0.15) is 16.9 Å². The molecule has 2 atom stereocenters. The Morgan fingerprint density at radius 2 is 1.76 bits per heavy atom. The van der Waals surface area contributed by atoms with Crippen molar-refractivity contribution in [2.24, 2.45) is 11.8 Å². The molecule has 3 aromatic rings. The van der Waals surface area contributed by atoms with Crippen LogP contribution in [0.1, 0.15) is 67.9 Å². The SMILES string of the molecule is CC(C)Cc1ccc(C(C)C(=O)OC(Cc2c(Cl)c[nH]c(=O)c2Cl)c2cccc(OC(F)(F)OCC3CC3)c2)cc1. The molecule has 0 saturated heterocycles. The molecule has 1 heterocycles. The average molecular weight is 609 g/mol. The lowest BCUT2D eigenvalue weighted by molar-refractivity contribution is -0.354. The summed E-state index contributed by atoms with van der Waals surface area (Å²) in [5.74, 6) is -0.737. The number of pyridine rings is 1. The van der Waals surface area contributed by atoms with Crippen LogP contribution in [0.3, 0.4) is 0 Å². The van der Waals surface area contributed by atoms with E-state index in [-0.39, 0.29) is 40.3 Å². The van der Waals surface area contributed by atoms with Crippen molar-refractivity contribution in [2.75, 3.05) is 6.61 Å². The van der Waals surface area contributed by atoms with Gasteiger partial charge in [-0.15, -0.1) is 8.78 Å². The largest absolute Gasteiger partial charge is 0.535 e. The number of hydrogen-bond donors (Lipinski definition) is 1. The van der Waals surface area contributed by atoms with Crippen molar-refractivity contribution in [3.05, 3.63) is 97.4 Å². The van der Waals surface area contributed by atoms with Gasteiger partial charge in [-0.05, 0) is 66.8 Å². The van der Waals surface area contributed by atoms with Gasteiger partial charge in [0.25, 0.3) is 5.56 Å². The number of benzene rings is 2. The molecule has 0 bridgehead atoms. The normalized spacial score (nSPS) is 15.0. The number of aromatic amines is 1. The average Bonchev–Trinajstić information content (AvgIpc) is 3.76. The van der Waals surface area contributed by atoms with Crippen LogP contribution in [-0.4, -0.2) is 23.9 Å². The van der Waals surface area contributed by atoms with Crippen LogP contribution in [-0.2, 0) is 27.1 Å². The molecular formula is C31H33Cl2F2NO5. The standard InChI is InChI=1S/C31H33Cl2F2NO5/c1-18(2)13-20-9-11-22(12-10-20)19(3)30(38)40-27(15-25-26(32)16-36-29(37)28(25)33)23-5-4-6-24(14-23)41-31(34,35)39-17-21-7-8-21/h4-6,9-12,14,16,18-19,21,27H,7-8,13,15,17H2,1-3H3,(H,36,37). The van der Waals surface area contributed by atoms with E-state index in [1.54, 1.807) is 13.0 Å². The van der Waals surface area contributed by atoms with Crippen molar-refractivity contribution in [2.45, 2.75) is 64.8 Å². The van der Waals surface area contributed by atoms with E-state index < -0.39 is 29.8 Å². The van der Waals surface area contributed by atoms with E-state index in [9.17, 15) is 18.4 Å². The fourth-order valence-electron chi connectivity index (χ4n) is 4.36. The van der Waals surface area contributed by atoms with Crippen LogP contribution in [0.5, 0.6) is 5.75 Å². The molecule has 220 valence electrons. The van der Waals surface area contributed by atoms with E-state index >= 15 is 0 Å². The quantitative estimate of drug-likeness (QED) is 0.158. The van der Waals surface area contributed by atoms with Gasteiger partial charge < -0.3 is 14.5 Å². The number of alkyl halides is 2. The highest BCUT2D eigenvalue weighted by atomic mass is 35.5. The van der Waals surface area contributed by atoms with Gasteiger partial charge >= 0.3 is 12.3 Å². The predicted molar refractivity (Wildman–Crippen MR) is 154 cm³/mol. The molecule has 0 amide bonds. The Hall–Kier alpha value is -2.94. The zero-order chi connectivity index (χ0) is 29.7. The van der Waals surface area contributed by atoms with Crippen molar-refractivity contribution in [3.63, 3.8) is 0 Å². The minimum atomic E-state index is -3.83. The Balaban J connectivity index is 1.58. The molecule has 41 heavy (non-hydrogen) atoms. The van der Waals surface area contributed by atoms with Crippen molar-refractivity contribution in [1.82, 2.24) is 4.98 Å². The fourth-order valence-corrected chi connectivity index (χ4v) is 4.87. The van der Waals surface area contributed by atoms with Crippen LogP contribution in [0.2, 0.25) is 10.0 Å². The topological polar surface area (TPSA) is 77.6 Å². The lowest BCUT2D eigenvalue weighted by Gasteiger charge is -2.23. The van der Waals surface area contributed by atoms with Crippen molar-refractivity contribution >= 4 is 29.2 Å². The zero-order valence-electron chi connectivity index (χ0n) is 23.1. The Morgan fingerprint density at radius 3 is 2.41 bits per heavy atom. The molecule has 0 radical (unpaired) electrons. The van der Waals surface area contributed by atoms with Gasteiger partial charge in [0.2, 0.25) is 0 Å². The van der Waals surface area contributed by atoms with Crippen LogP contribution in [0.25, 0.3) is 0 Å². The van der Waals surface area contributed by atoms with E-state index in [1.165, 1.54) is 24.4 Å². The Labute approximate surface area is 247 Å². The lowest BCUT2D eigenvalue weighted by Crippen LogP contribution is -2.29. The summed E-state index contributed by atoms with van der Waals surface area (Å²) in [6, 6.07) is 13.5. The molecule has 0 spiro atoms. The summed E-state index contributed by atoms with van der Waals surface area (Å²) in [5, 5.41) is 0.0107. The van der Waals surface area contributed by atoms with E-state index in [2.05, 4.69) is 23.6 Å². The fraction of sp³-hybridized carbons (Fsp3) is 0.419. The Morgan fingerprint density at radius 1 is 1.05 bits per heavy atom. The molecule has 2 aromatic carbocycles. The maximum Gasteiger partial charge on any atom is 0.535 e. The van der Waals surface area contributed by atoms with Gasteiger partial charge in [0.05, 0.1) is 17.5 Å². The summed E-state index contributed by atoms with van der Waals surface area (Å²) >= 11 is 12.6. The summed E-state index contributed by atoms with van der Waals surface area (Å²) in [7, 11) is 0. The third kappa shape index (κ3) is 8.77. The van der Waals surface area contributed by atoms with Crippen molar-refractivity contribution in [1.29, 1.82) is 0 Å². The molecule has 1 fully saturated rings. The first-order valence-corrected chi connectivity index (χ1v) is 14.3. The molecule has 10 heteroatoms. The molecule has 1 aliphatic carbocycles. The molecule has 1 N–H and O–H groups in total. The molecular weight excluding hydrogens is 575 g/mol. The number of rotatable bonds is 13. The van der Waals surface area contributed by atoms with E-state index in [0.717, 1.165) is 30.4 Å². The highest BCUT2D eigenvalue weighted by Crippen LogP contribution is 2.35. The zero-order valence-corrected chi connectivity index (χ0v) is 24.6. The van der Waals surface area contributed by atoms with Gasteiger partial charge in [-0.2, -0.15) is 0 Å². The highest BCUT2D eigenvalue weighted by molar-refractivity contribution is 6.35. The van der Waals surface area contributed by atoms with Crippen LogP contribution in [0, 0.1) is 11.8 Å². The van der Waals surface area contributed by atoms with E-state index in [0.29, 0.717) is 11.5 Å². The number of halogens is 4. The van der Waals surface area contributed by atoms with Crippen LogP contribution in [0.15, 0.2) is 59.5 Å². The van der Waals surface area contributed by atoms with Crippen LogP contribution < -0.4 is 10.3 Å². The van der Waals surface area contributed by atoms with Gasteiger partial charge in [0, 0.05) is 18.2 Å². The Kier molecular flexibility index (Phi) is 10.1. The molecule has 6 nitrogen and oxygen atoms in total. The summed E-state index contributed by atoms with van der Waals surface area (Å²) in [4.78, 5) is 28.0. The van der Waals surface area contributed by atoms with E-state index in [1.807, 2.05) is 24.3 Å².